The molecule has 0 fully saturated rings. The Morgan fingerprint density at radius 2 is 2.33 bits per heavy atom. The maximum Gasteiger partial charge on any atom is 0.129 e. The number of halogens is 1. The average Bonchev–Trinajstić information content (AvgIpc) is 2.09. The minimum Gasteiger partial charge on any atom is -0.303 e. The molecule has 1 aromatic heterocycles. The standard InChI is InChI=1S/C9H10ClNO/c10-9-5-4-8(7-11-9)3-1-2-6-12/h4-7H,1-3H2. The third kappa shape index (κ3) is 3.01. The number of hydrogen-bond acceptors (Lipinski definition) is 2. The van der Waals surface area contributed by atoms with Crippen LogP contribution in [0.3, 0.4) is 0 Å². The highest BCUT2D eigenvalue weighted by atomic mass is 35.5. The number of nitrogens with zero attached hydrogens (tertiary/aromatic N) is 1. The Kier molecular flexibility index (Phi) is 3.74. The molecule has 0 bridgehead atoms. The van der Waals surface area contributed by atoms with Gasteiger partial charge in [0.25, 0.3) is 0 Å². The molecule has 0 saturated heterocycles. The van der Waals surface area contributed by atoms with E-state index in [9.17, 15) is 4.79 Å². The van der Waals surface area contributed by atoms with Crippen LogP contribution in [0.15, 0.2) is 18.3 Å². The second-order valence-electron chi connectivity index (χ2n) is 2.55. The van der Waals surface area contributed by atoms with E-state index in [0.717, 1.165) is 24.7 Å². The third-order valence-electron chi connectivity index (χ3n) is 1.58. The van der Waals surface area contributed by atoms with Gasteiger partial charge in [0.15, 0.2) is 0 Å². The highest BCUT2D eigenvalue weighted by Crippen LogP contribution is 2.07. The molecule has 0 atom stereocenters. The zero-order valence-electron chi connectivity index (χ0n) is 6.66. The summed E-state index contributed by atoms with van der Waals surface area (Å²) in [6.07, 6.45) is 5.06. The minimum atomic E-state index is 0.508. The van der Waals surface area contributed by atoms with Gasteiger partial charge in [0.2, 0.25) is 0 Å². The molecular weight excluding hydrogens is 174 g/mol. The van der Waals surface area contributed by atoms with Crippen LogP contribution in [0.1, 0.15) is 18.4 Å². The van der Waals surface area contributed by atoms with E-state index in [-0.39, 0.29) is 0 Å². The van der Waals surface area contributed by atoms with Gasteiger partial charge >= 0.3 is 0 Å². The largest absolute Gasteiger partial charge is 0.303 e. The minimum absolute atomic E-state index is 0.508. The number of aldehydes is 1. The molecule has 0 aliphatic heterocycles. The Hall–Kier alpha value is -0.890. The summed E-state index contributed by atoms with van der Waals surface area (Å²) < 4.78 is 0. The van der Waals surface area contributed by atoms with Gasteiger partial charge in [-0.1, -0.05) is 17.7 Å². The van der Waals surface area contributed by atoms with Crippen molar-refractivity contribution in [3.63, 3.8) is 0 Å². The molecule has 0 radical (unpaired) electrons. The molecule has 0 saturated carbocycles. The zero-order valence-corrected chi connectivity index (χ0v) is 7.42. The van der Waals surface area contributed by atoms with Crippen LogP contribution < -0.4 is 0 Å². The predicted octanol–water partition coefficient (Wildman–Crippen LogP) is 2.26. The van der Waals surface area contributed by atoms with E-state index >= 15 is 0 Å². The van der Waals surface area contributed by atoms with Gasteiger partial charge in [-0.05, 0) is 24.5 Å². The Bertz CT molecular complexity index is 245. The average molecular weight is 184 g/mol. The van der Waals surface area contributed by atoms with E-state index in [4.69, 9.17) is 11.6 Å². The summed E-state index contributed by atoms with van der Waals surface area (Å²) in [4.78, 5) is 13.9. The number of aryl methyl sites for hydroxylation is 1. The summed E-state index contributed by atoms with van der Waals surface area (Å²) in [5, 5.41) is 0.508. The van der Waals surface area contributed by atoms with Gasteiger partial charge in [0, 0.05) is 12.6 Å². The van der Waals surface area contributed by atoms with Crippen LogP contribution in [-0.2, 0) is 11.2 Å². The van der Waals surface area contributed by atoms with Crippen molar-refractivity contribution >= 4 is 17.9 Å². The molecule has 0 N–H and O–H groups in total. The number of unbranched alkanes of at least 4 members (excludes halogenated alkanes) is 1. The third-order valence-corrected chi connectivity index (χ3v) is 1.80. The fourth-order valence-electron chi connectivity index (χ4n) is 0.944. The molecule has 12 heavy (non-hydrogen) atoms. The number of carbonyl (C=O) groups is 1. The molecule has 1 heterocycles. The fraction of sp³-hybridized carbons (Fsp3) is 0.333. The summed E-state index contributed by atoms with van der Waals surface area (Å²) in [7, 11) is 0. The zero-order chi connectivity index (χ0) is 8.81. The Labute approximate surface area is 76.6 Å². The van der Waals surface area contributed by atoms with Crippen LogP contribution >= 0.6 is 11.6 Å². The lowest BCUT2D eigenvalue weighted by atomic mass is 10.1. The van der Waals surface area contributed by atoms with E-state index in [1.54, 1.807) is 12.3 Å². The van der Waals surface area contributed by atoms with Crippen molar-refractivity contribution in [2.75, 3.05) is 0 Å². The van der Waals surface area contributed by atoms with E-state index < -0.39 is 0 Å². The molecule has 0 aromatic carbocycles. The van der Waals surface area contributed by atoms with Gasteiger partial charge in [0.05, 0.1) is 0 Å². The molecule has 0 unspecified atom stereocenters. The Balaban J connectivity index is 2.42. The van der Waals surface area contributed by atoms with Crippen LogP contribution in [-0.4, -0.2) is 11.3 Å². The fourth-order valence-corrected chi connectivity index (χ4v) is 1.06. The van der Waals surface area contributed by atoms with Crippen molar-refractivity contribution in [2.45, 2.75) is 19.3 Å². The molecule has 1 aromatic rings. The lowest BCUT2D eigenvalue weighted by molar-refractivity contribution is -0.107. The first kappa shape index (κ1) is 9.20. The number of aromatic nitrogens is 1. The summed E-state index contributed by atoms with van der Waals surface area (Å²) in [6.45, 7) is 0. The summed E-state index contributed by atoms with van der Waals surface area (Å²) in [5.41, 5.74) is 1.13. The quantitative estimate of drug-likeness (QED) is 0.407. The van der Waals surface area contributed by atoms with Gasteiger partial charge in [-0.3, -0.25) is 0 Å². The number of hydrogen-bond donors (Lipinski definition) is 0. The normalized spacial score (nSPS) is 9.75. The van der Waals surface area contributed by atoms with E-state index in [1.807, 2.05) is 6.07 Å². The highest BCUT2D eigenvalue weighted by molar-refractivity contribution is 6.29. The van der Waals surface area contributed by atoms with Gasteiger partial charge in [-0.2, -0.15) is 0 Å². The van der Waals surface area contributed by atoms with E-state index in [2.05, 4.69) is 4.98 Å². The molecule has 0 spiro atoms. The highest BCUT2D eigenvalue weighted by Gasteiger charge is 1.93. The maximum absolute atomic E-state index is 10.0. The molecule has 64 valence electrons. The van der Waals surface area contributed by atoms with Crippen molar-refractivity contribution in [2.24, 2.45) is 0 Å². The maximum atomic E-state index is 10.0. The van der Waals surface area contributed by atoms with Crippen LogP contribution in [0.2, 0.25) is 5.15 Å². The molecule has 1 rings (SSSR count). The van der Waals surface area contributed by atoms with Crippen LogP contribution in [0.25, 0.3) is 0 Å². The van der Waals surface area contributed by atoms with Gasteiger partial charge < -0.3 is 4.79 Å². The lowest BCUT2D eigenvalue weighted by Gasteiger charge is -1.97. The Morgan fingerprint density at radius 1 is 1.50 bits per heavy atom. The first-order chi connectivity index (χ1) is 5.83. The first-order valence-corrected chi connectivity index (χ1v) is 4.25. The monoisotopic (exact) mass is 183 g/mol. The summed E-state index contributed by atoms with van der Waals surface area (Å²) >= 11 is 5.61. The summed E-state index contributed by atoms with van der Waals surface area (Å²) in [5.74, 6) is 0. The molecule has 0 aliphatic rings. The number of rotatable bonds is 4. The van der Waals surface area contributed by atoms with E-state index in [1.165, 1.54) is 0 Å². The topological polar surface area (TPSA) is 30.0 Å². The van der Waals surface area contributed by atoms with Crippen LogP contribution in [0.5, 0.6) is 0 Å². The lowest BCUT2D eigenvalue weighted by Crippen LogP contribution is -1.87. The summed E-state index contributed by atoms with van der Waals surface area (Å²) in [6, 6.07) is 3.69. The molecule has 0 amide bonds. The van der Waals surface area contributed by atoms with Crippen molar-refractivity contribution in [1.82, 2.24) is 4.98 Å². The smallest absolute Gasteiger partial charge is 0.129 e. The van der Waals surface area contributed by atoms with Crippen LogP contribution in [0.4, 0.5) is 0 Å². The molecule has 2 nitrogen and oxygen atoms in total. The molecule has 3 heteroatoms. The van der Waals surface area contributed by atoms with Gasteiger partial charge in [-0.15, -0.1) is 0 Å². The second-order valence-corrected chi connectivity index (χ2v) is 2.94. The van der Waals surface area contributed by atoms with Crippen molar-refractivity contribution in [3.8, 4) is 0 Å². The van der Waals surface area contributed by atoms with Crippen molar-refractivity contribution < 1.29 is 4.79 Å². The SMILES string of the molecule is O=CCCCc1ccc(Cl)nc1. The van der Waals surface area contributed by atoms with Crippen LogP contribution in [0, 0.1) is 0 Å². The van der Waals surface area contributed by atoms with Crippen molar-refractivity contribution in [1.29, 1.82) is 0 Å². The molecule has 0 aliphatic carbocycles. The second kappa shape index (κ2) is 4.88. The number of pyridine rings is 1. The molecular formula is C9H10ClNO. The van der Waals surface area contributed by atoms with E-state index in [0.29, 0.717) is 11.6 Å². The predicted molar refractivity (Wildman–Crippen MR) is 48.2 cm³/mol. The van der Waals surface area contributed by atoms with Crippen molar-refractivity contribution in [3.05, 3.63) is 29.0 Å². The number of carbonyl (C=O) groups excluding carboxylic acids is 1. The van der Waals surface area contributed by atoms with Gasteiger partial charge in [-0.25, -0.2) is 4.98 Å². The first-order valence-electron chi connectivity index (χ1n) is 3.87. The Morgan fingerprint density at radius 3 is 2.92 bits per heavy atom. The van der Waals surface area contributed by atoms with Gasteiger partial charge in [0.1, 0.15) is 11.4 Å².